The van der Waals surface area contributed by atoms with Crippen LogP contribution in [0.4, 0.5) is 5.69 Å². The summed E-state index contributed by atoms with van der Waals surface area (Å²) in [5.74, 6) is 0. The van der Waals surface area contributed by atoms with Gasteiger partial charge >= 0.3 is 0 Å². The molecule has 0 amide bonds. The first-order chi connectivity index (χ1) is 8.22. The molecule has 84 valence electrons. The van der Waals surface area contributed by atoms with Crippen LogP contribution in [-0.2, 0) is 0 Å². The van der Waals surface area contributed by atoms with Crippen LogP contribution in [0.1, 0.15) is 0 Å². The number of nitrogens with one attached hydrogen (secondary N) is 1. The van der Waals surface area contributed by atoms with Crippen molar-refractivity contribution >= 4 is 48.3 Å². The molecule has 1 aliphatic carbocycles. The summed E-state index contributed by atoms with van der Waals surface area (Å²) >= 11 is 6.89. The summed E-state index contributed by atoms with van der Waals surface area (Å²) in [6, 6.07) is 3.84. The molecule has 0 radical (unpaired) electrons. The molecule has 1 N–H and O–H groups in total. The lowest BCUT2D eigenvalue weighted by molar-refractivity contribution is 1.18. The normalized spacial score (nSPS) is 11.2. The van der Waals surface area contributed by atoms with E-state index in [2.05, 4.69) is 47.0 Å². The van der Waals surface area contributed by atoms with Crippen LogP contribution < -0.4 is 0 Å². The van der Waals surface area contributed by atoms with Gasteiger partial charge in [0.05, 0.1) is 12.0 Å². The molecule has 0 fully saturated rings. The fourth-order valence-corrected chi connectivity index (χ4v) is 3.41. The SMILES string of the molecule is O=Nc1c2[nH]cncc-2c2cc(Br)cc(Br)c12. The third-order valence-corrected chi connectivity index (χ3v) is 3.75. The molecule has 0 aromatic heterocycles. The van der Waals surface area contributed by atoms with E-state index in [0.29, 0.717) is 11.4 Å². The Labute approximate surface area is 113 Å². The van der Waals surface area contributed by atoms with Crippen molar-refractivity contribution in [2.75, 3.05) is 0 Å². The van der Waals surface area contributed by atoms with Crippen molar-refractivity contribution in [3.63, 3.8) is 0 Å². The molecule has 0 saturated heterocycles. The molecule has 17 heavy (non-hydrogen) atoms. The molecule has 1 aromatic rings. The maximum absolute atomic E-state index is 11.0. The Kier molecular flexibility index (Phi) is 2.48. The average molecular weight is 355 g/mol. The van der Waals surface area contributed by atoms with Crippen molar-refractivity contribution in [3.05, 3.63) is 38.5 Å². The maximum Gasteiger partial charge on any atom is 0.141 e. The van der Waals surface area contributed by atoms with E-state index < -0.39 is 0 Å². The van der Waals surface area contributed by atoms with Gasteiger partial charge in [0, 0.05) is 26.1 Å². The number of aromatic nitrogens is 2. The van der Waals surface area contributed by atoms with E-state index in [1.165, 1.54) is 0 Å². The Hall–Kier alpha value is -1.27. The van der Waals surface area contributed by atoms with Crippen LogP contribution >= 0.6 is 31.9 Å². The van der Waals surface area contributed by atoms with Crippen LogP contribution in [0.25, 0.3) is 22.0 Å². The quantitative estimate of drug-likeness (QED) is 0.649. The zero-order valence-electron chi connectivity index (χ0n) is 8.37. The summed E-state index contributed by atoms with van der Waals surface area (Å²) in [6.45, 7) is 0. The van der Waals surface area contributed by atoms with Gasteiger partial charge in [-0.05, 0) is 22.7 Å². The molecule has 1 aromatic carbocycles. The van der Waals surface area contributed by atoms with Gasteiger partial charge in [-0.15, -0.1) is 4.91 Å². The smallest absolute Gasteiger partial charge is 0.141 e. The van der Waals surface area contributed by atoms with Gasteiger partial charge in [0.1, 0.15) is 5.69 Å². The third-order valence-electron chi connectivity index (χ3n) is 2.67. The molecule has 6 heteroatoms. The van der Waals surface area contributed by atoms with Gasteiger partial charge in [-0.2, -0.15) is 0 Å². The van der Waals surface area contributed by atoms with Crippen molar-refractivity contribution in [1.29, 1.82) is 0 Å². The highest BCUT2D eigenvalue weighted by molar-refractivity contribution is 9.11. The van der Waals surface area contributed by atoms with Crippen molar-refractivity contribution in [1.82, 2.24) is 9.97 Å². The van der Waals surface area contributed by atoms with Crippen LogP contribution in [0.3, 0.4) is 0 Å². The molecule has 0 atom stereocenters. The van der Waals surface area contributed by atoms with Crippen molar-refractivity contribution < 1.29 is 0 Å². The zero-order chi connectivity index (χ0) is 12.0. The topological polar surface area (TPSA) is 58.1 Å². The molecule has 0 bridgehead atoms. The Morgan fingerprint density at radius 2 is 2.12 bits per heavy atom. The standard InChI is InChI=1S/C11H5Br2N3O/c12-5-1-6-7-3-14-4-15-10(7)11(16-17)9(6)8(13)2-5/h1-4H,(H,14,15). The molecule has 3 rings (SSSR count). The summed E-state index contributed by atoms with van der Waals surface area (Å²) in [7, 11) is 0. The summed E-state index contributed by atoms with van der Waals surface area (Å²) in [5.41, 5.74) is 2.01. The number of nitrogens with zero attached hydrogens (tertiary/aromatic N) is 2. The van der Waals surface area contributed by atoms with Crippen molar-refractivity contribution in [2.45, 2.75) is 0 Å². The highest BCUT2D eigenvalue weighted by Crippen LogP contribution is 2.46. The minimum atomic E-state index is 0.414. The van der Waals surface area contributed by atoms with Crippen LogP contribution in [0.2, 0.25) is 0 Å². The predicted molar refractivity (Wildman–Crippen MR) is 73.6 cm³/mol. The number of nitroso groups, excluding NO2 is 1. The van der Waals surface area contributed by atoms with Crippen molar-refractivity contribution in [3.8, 4) is 11.3 Å². The largest absolute Gasteiger partial charge is 0.344 e. The molecule has 0 spiro atoms. The number of hydrogen-bond acceptors (Lipinski definition) is 3. The van der Waals surface area contributed by atoms with Gasteiger partial charge in [0.2, 0.25) is 0 Å². The van der Waals surface area contributed by atoms with E-state index >= 15 is 0 Å². The summed E-state index contributed by atoms with van der Waals surface area (Å²) in [6.07, 6.45) is 3.26. The molecule has 1 heterocycles. The Balaban J connectivity index is 2.62. The van der Waals surface area contributed by atoms with Crippen LogP contribution in [-0.4, -0.2) is 9.97 Å². The number of benzene rings is 1. The van der Waals surface area contributed by atoms with Gasteiger partial charge in [-0.25, -0.2) is 4.98 Å². The molecule has 1 aliphatic heterocycles. The second kappa shape index (κ2) is 3.89. The third kappa shape index (κ3) is 1.51. The fraction of sp³-hybridized carbons (Fsp3) is 0. The maximum atomic E-state index is 11.0. The van der Waals surface area contributed by atoms with Gasteiger partial charge in [-0.1, -0.05) is 31.9 Å². The Morgan fingerprint density at radius 1 is 1.29 bits per heavy atom. The molecule has 0 unspecified atom stereocenters. The summed E-state index contributed by atoms with van der Waals surface area (Å²) in [4.78, 5) is 18.0. The lowest BCUT2D eigenvalue weighted by atomic mass is 10.2. The van der Waals surface area contributed by atoms with E-state index in [0.717, 1.165) is 25.3 Å². The summed E-state index contributed by atoms with van der Waals surface area (Å²) in [5, 5.41) is 4.88. The minimum absolute atomic E-state index is 0.414. The average Bonchev–Trinajstić information content (AvgIpc) is 2.63. The Bertz CT molecular complexity index is 708. The predicted octanol–water partition coefficient (Wildman–Crippen LogP) is 4.59. The number of fused-ring (bicyclic) bond motifs is 3. The lowest BCUT2D eigenvalue weighted by Gasteiger charge is -1.98. The van der Waals surface area contributed by atoms with E-state index in [-0.39, 0.29) is 0 Å². The minimum Gasteiger partial charge on any atom is -0.344 e. The van der Waals surface area contributed by atoms with Gasteiger partial charge < -0.3 is 4.98 Å². The van der Waals surface area contributed by atoms with Crippen LogP contribution in [0.15, 0.2) is 38.8 Å². The number of hydrogen-bond donors (Lipinski definition) is 1. The number of rotatable bonds is 1. The van der Waals surface area contributed by atoms with Crippen molar-refractivity contribution in [2.24, 2.45) is 5.18 Å². The highest BCUT2D eigenvalue weighted by atomic mass is 79.9. The highest BCUT2D eigenvalue weighted by Gasteiger charge is 2.21. The van der Waals surface area contributed by atoms with E-state index in [1.54, 1.807) is 12.5 Å². The van der Waals surface area contributed by atoms with Gasteiger partial charge in [0.15, 0.2) is 0 Å². The first-order valence-corrected chi connectivity index (χ1v) is 6.37. The monoisotopic (exact) mass is 353 g/mol. The number of aromatic amines is 1. The second-order valence-corrected chi connectivity index (χ2v) is 5.36. The van der Waals surface area contributed by atoms with Gasteiger partial charge in [-0.3, -0.25) is 0 Å². The molecule has 0 saturated carbocycles. The molecule has 2 aliphatic rings. The molecular weight excluding hydrogens is 350 g/mol. The molecule has 4 nitrogen and oxygen atoms in total. The number of H-pyrrole nitrogens is 1. The molecular formula is C11H5Br2N3O. The first-order valence-electron chi connectivity index (χ1n) is 4.78. The fourth-order valence-electron chi connectivity index (χ4n) is 2.00. The van der Waals surface area contributed by atoms with E-state index in [1.807, 2.05) is 12.1 Å². The first kappa shape index (κ1) is 10.9. The van der Waals surface area contributed by atoms with Gasteiger partial charge in [0.25, 0.3) is 0 Å². The van der Waals surface area contributed by atoms with Crippen LogP contribution in [0, 0.1) is 4.91 Å². The van der Waals surface area contributed by atoms with E-state index in [9.17, 15) is 4.91 Å². The summed E-state index contributed by atoms with van der Waals surface area (Å²) < 4.78 is 1.77. The lowest BCUT2D eigenvalue weighted by Crippen LogP contribution is -1.82. The zero-order valence-corrected chi connectivity index (χ0v) is 11.5. The van der Waals surface area contributed by atoms with Crippen LogP contribution in [0.5, 0.6) is 0 Å². The number of halogens is 2. The second-order valence-electron chi connectivity index (χ2n) is 3.59. The van der Waals surface area contributed by atoms with E-state index in [4.69, 9.17) is 0 Å². The Morgan fingerprint density at radius 3 is 2.88 bits per heavy atom.